The average Bonchev–Trinajstić information content (AvgIpc) is 3.42. The zero-order chi connectivity index (χ0) is 17.3. The van der Waals surface area contributed by atoms with Crippen molar-refractivity contribution in [1.82, 2.24) is 29.0 Å². The SMILES string of the molecule is c1cnc2c(-c3nccn3C3CCN(CC4CCCO4)CC3)cnn2c1. The van der Waals surface area contributed by atoms with Gasteiger partial charge in [0.1, 0.15) is 5.82 Å². The number of piperidine rings is 1. The molecule has 0 saturated carbocycles. The van der Waals surface area contributed by atoms with Crippen LogP contribution in [0, 0.1) is 0 Å². The van der Waals surface area contributed by atoms with Gasteiger partial charge >= 0.3 is 0 Å². The highest BCUT2D eigenvalue weighted by molar-refractivity contribution is 5.72. The highest BCUT2D eigenvalue weighted by Gasteiger charge is 2.26. The fourth-order valence-corrected chi connectivity index (χ4v) is 4.26. The number of imidazole rings is 1. The summed E-state index contributed by atoms with van der Waals surface area (Å²) in [4.78, 5) is 11.7. The zero-order valence-electron chi connectivity index (χ0n) is 14.9. The van der Waals surface area contributed by atoms with Gasteiger partial charge in [0.25, 0.3) is 0 Å². The number of nitrogens with zero attached hydrogens (tertiary/aromatic N) is 6. The highest BCUT2D eigenvalue weighted by Crippen LogP contribution is 2.30. The third-order valence-electron chi connectivity index (χ3n) is 5.63. The lowest BCUT2D eigenvalue weighted by Crippen LogP contribution is -2.39. The van der Waals surface area contributed by atoms with Crippen LogP contribution in [0.15, 0.2) is 37.1 Å². The molecule has 2 aliphatic heterocycles. The van der Waals surface area contributed by atoms with Crippen LogP contribution in [0.25, 0.3) is 17.0 Å². The Kier molecular flexibility index (Phi) is 4.18. The molecule has 26 heavy (non-hydrogen) atoms. The van der Waals surface area contributed by atoms with Crippen LogP contribution in [0.3, 0.4) is 0 Å². The maximum absolute atomic E-state index is 5.79. The minimum absolute atomic E-state index is 0.445. The molecule has 3 aromatic heterocycles. The van der Waals surface area contributed by atoms with E-state index in [1.165, 1.54) is 12.8 Å². The molecule has 2 aliphatic rings. The fraction of sp³-hybridized carbons (Fsp3) is 0.526. The van der Waals surface area contributed by atoms with Gasteiger partial charge in [-0.15, -0.1) is 0 Å². The first-order valence-corrected chi connectivity index (χ1v) is 9.54. The predicted octanol–water partition coefficient (Wildman–Crippen LogP) is 2.41. The number of aromatic nitrogens is 5. The Labute approximate surface area is 152 Å². The summed E-state index contributed by atoms with van der Waals surface area (Å²) in [6.07, 6.45) is 14.7. The lowest BCUT2D eigenvalue weighted by Gasteiger charge is -2.34. The van der Waals surface area contributed by atoms with Crippen LogP contribution in [-0.2, 0) is 4.74 Å². The quantitative estimate of drug-likeness (QED) is 0.722. The highest BCUT2D eigenvalue weighted by atomic mass is 16.5. The van der Waals surface area contributed by atoms with E-state index in [0.29, 0.717) is 12.1 Å². The van der Waals surface area contributed by atoms with Gasteiger partial charge in [-0.1, -0.05) is 0 Å². The van der Waals surface area contributed by atoms with E-state index in [4.69, 9.17) is 4.74 Å². The third-order valence-corrected chi connectivity index (χ3v) is 5.63. The van der Waals surface area contributed by atoms with Crippen molar-refractivity contribution in [2.24, 2.45) is 0 Å². The topological polar surface area (TPSA) is 60.5 Å². The van der Waals surface area contributed by atoms with Crippen LogP contribution in [-0.4, -0.2) is 61.4 Å². The van der Waals surface area contributed by atoms with E-state index >= 15 is 0 Å². The van der Waals surface area contributed by atoms with Crippen LogP contribution >= 0.6 is 0 Å². The summed E-state index contributed by atoms with van der Waals surface area (Å²) in [5.74, 6) is 0.969. The van der Waals surface area contributed by atoms with Gasteiger partial charge in [0.05, 0.1) is 17.9 Å². The van der Waals surface area contributed by atoms with Crippen molar-refractivity contribution in [2.75, 3.05) is 26.2 Å². The average molecular weight is 352 g/mol. The molecule has 0 spiro atoms. The first-order chi connectivity index (χ1) is 12.9. The van der Waals surface area contributed by atoms with Crippen molar-refractivity contribution in [3.05, 3.63) is 37.1 Å². The van der Waals surface area contributed by atoms with E-state index in [1.54, 1.807) is 10.7 Å². The lowest BCUT2D eigenvalue weighted by atomic mass is 10.0. The minimum Gasteiger partial charge on any atom is -0.377 e. The van der Waals surface area contributed by atoms with Gasteiger partial charge in [-0.05, 0) is 31.7 Å². The maximum Gasteiger partial charge on any atom is 0.165 e. The molecule has 0 aromatic carbocycles. The van der Waals surface area contributed by atoms with Crippen LogP contribution in [0.5, 0.6) is 0 Å². The second-order valence-electron chi connectivity index (χ2n) is 7.27. The van der Waals surface area contributed by atoms with Crippen molar-refractivity contribution in [2.45, 2.75) is 37.8 Å². The second kappa shape index (κ2) is 6.81. The van der Waals surface area contributed by atoms with E-state index in [0.717, 1.165) is 56.1 Å². The minimum atomic E-state index is 0.445. The molecule has 136 valence electrons. The van der Waals surface area contributed by atoms with Crippen molar-refractivity contribution >= 4 is 5.65 Å². The Balaban J connectivity index is 1.32. The van der Waals surface area contributed by atoms with Gasteiger partial charge < -0.3 is 14.2 Å². The second-order valence-corrected chi connectivity index (χ2v) is 7.27. The van der Waals surface area contributed by atoms with Crippen LogP contribution in [0.4, 0.5) is 0 Å². The summed E-state index contributed by atoms with van der Waals surface area (Å²) >= 11 is 0. The van der Waals surface area contributed by atoms with Gasteiger partial charge in [0.15, 0.2) is 5.65 Å². The van der Waals surface area contributed by atoms with E-state index in [-0.39, 0.29) is 0 Å². The summed E-state index contributed by atoms with van der Waals surface area (Å²) in [6.45, 7) is 4.26. The Morgan fingerprint density at radius 1 is 1.08 bits per heavy atom. The molecule has 7 heteroatoms. The molecule has 2 saturated heterocycles. The predicted molar refractivity (Wildman–Crippen MR) is 97.9 cm³/mol. The summed E-state index contributed by atoms with van der Waals surface area (Å²) in [7, 11) is 0. The molecule has 5 heterocycles. The van der Waals surface area contributed by atoms with Gasteiger partial charge in [0, 0.05) is 57.1 Å². The van der Waals surface area contributed by atoms with Gasteiger partial charge in [0.2, 0.25) is 0 Å². The van der Waals surface area contributed by atoms with E-state index in [1.807, 2.05) is 24.7 Å². The molecule has 3 aromatic rings. The largest absolute Gasteiger partial charge is 0.377 e. The Morgan fingerprint density at radius 3 is 2.85 bits per heavy atom. The molecule has 0 N–H and O–H groups in total. The van der Waals surface area contributed by atoms with Crippen molar-refractivity contribution in [1.29, 1.82) is 0 Å². The first-order valence-electron chi connectivity index (χ1n) is 9.54. The zero-order valence-corrected chi connectivity index (χ0v) is 14.9. The monoisotopic (exact) mass is 352 g/mol. The van der Waals surface area contributed by atoms with E-state index < -0.39 is 0 Å². The van der Waals surface area contributed by atoms with E-state index in [9.17, 15) is 0 Å². The molecular weight excluding hydrogens is 328 g/mol. The molecule has 0 bridgehead atoms. The molecule has 5 rings (SSSR count). The summed E-state index contributed by atoms with van der Waals surface area (Å²) in [6, 6.07) is 2.37. The molecule has 0 amide bonds. The Morgan fingerprint density at radius 2 is 2.00 bits per heavy atom. The fourth-order valence-electron chi connectivity index (χ4n) is 4.26. The number of rotatable bonds is 4. The number of hydrogen-bond acceptors (Lipinski definition) is 5. The van der Waals surface area contributed by atoms with Crippen LogP contribution < -0.4 is 0 Å². The number of ether oxygens (including phenoxy) is 1. The van der Waals surface area contributed by atoms with Gasteiger partial charge in [-0.25, -0.2) is 14.5 Å². The van der Waals surface area contributed by atoms with E-state index in [2.05, 4.69) is 30.7 Å². The Bertz CT molecular complexity index is 873. The van der Waals surface area contributed by atoms with Crippen molar-refractivity contribution < 1.29 is 4.74 Å². The first kappa shape index (κ1) is 16.0. The van der Waals surface area contributed by atoms with Gasteiger partial charge in [-0.2, -0.15) is 5.10 Å². The molecular formula is C19H24N6O. The maximum atomic E-state index is 5.79. The van der Waals surface area contributed by atoms with Crippen molar-refractivity contribution in [3.63, 3.8) is 0 Å². The molecule has 1 atom stereocenters. The number of hydrogen-bond donors (Lipinski definition) is 0. The smallest absolute Gasteiger partial charge is 0.165 e. The molecule has 2 fully saturated rings. The van der Waals surface area contributed by atoms with Crippen LogP contribution in [0.1, 0.15) is 31.7 Å². The summed E-state index contributed by atoms with van der Waals surface area (Å²) in [5.41, 5.74) is 1.85. The molecule has 0 aliphatic carbocycles. The Hall–Kier alpha value is -2.25. The molecule has 1 unspecified atom stereocenters. The van der Waals surface area contributed by atoms with Crippen LogP contribution in [0.2, 0.25) is 0 Å². The lowest BCUT2D eigenvalue weighted by molar-refractivity contribution is 0.0608. The number of fused-ring (bicyclic) bond motifs is 1. The van der Waals surface area contributed by atoms with Crippen molar-refractivity contribution in [3.8, 4) is 11.4 Å². The summed E-state index contributed by atoms with van der Waals surface area (Å²) < 4.78 is 9.91. The molecule has 0 radical (unpaired) electrons. The molecule has 7 nitrogen and oxygen atoms in total. The normalized spacial score (nSPS) is 22.4. The number of likely N-dealkylation sites (tertiary alicyclic amines) is 1. The van der Waals surface area contributed by atoms with Gasteiger partial charge in [-0.3, -0.25) is 0 Å². The third kappa shape index (κ3) is 2.91. The summed E-state index contributed by atoms with van der Waals surface area (Å²) in [5, 5.41) is 4.41. The standard InChI is InChI=1S/C19H24N6O/c1-3-16(26-12-1)14-23-9-4-15(5-10-23)24-11-7-21-18(24)17-13-22-25-8-2-6-20-19(17)25/h2,6-8,11,13,15-16H,1,3-5,9-10,12,14H2.